The molecule has 0 aliphatic rings. The Morgan fingerprint density at radius 3 is 1.92 bits per heavy atom. The molecule has 0 fully saturated rings. The van der Waals surface area contributed by atoms with Crippen molar-refractivity contribution in [2.24, 2.45) is 0 Å². The fourth-order valence-corrected chi connectivity index (χ4v) is 2.50. The van der Waals surface area contributed by atoms with Crippen molar-refractivity contribution in [2.75, 3.05) is 5.32 Å². The summed E-state index contributed by atoms with van der Waals surface area (Å²) in [6, 6.07) is 29.4. The first-order chi connectivity index (χ1) is 11.8. The van der Waals surface area contributed by atoms with Crippen LogP contribution in [0.2, 0.25) is 0 Å². The molecule has 0 unspecified atom stereocenters. The molecule has 1 N–H and O–H groups in total. The number of hydrogen-bond donors (Lipinski definition) is 1. The van der Waals surface area contributed by atoms with Gasteiger partial charge in [-0.25, -0.2) is 0 Å². The number of benzene rings is 3. The van der Waals surface area contributed by atoms with Crippen LogP contribution in [0.1, 0.15) is 15.9 Å². The van der Waals surface area contributed by atoms with Crippen molar-refractivity contribution in [3.63, 3.8) is 0 Å². The molecule has 0 saturated carbocycles. The van der Waals surface area contributed by atoms with E-state index in [1.807, 2.05) is 78.9 Å². The van der Waals surface area contributed by atoms with Crippen LogP contribution in [0, 0.1) is 0 Å². The number of nitrogens with one attached hydrogen (secondary N) is 1. The van der Waals surface area contributed by atoms with Crippen LogP contribution in [0.4, 0.5) is 5.69 Å². The Morgan fingerprint density at radius 1 is 0.750 bits per heavy atom. The maximum absolute atomic E-state index is 12.5. The molecule has 2 heteroatoms. The zero-order chi connectivity index (χ0) is 16.6. The third-order valence-corrected chi connectivity index (χ3v) is 3.68. The fourth-order valence-electron chi connectivity index (χ4n) is 2.50. The molecular weight excluding hydrogens is 294 g/mol. The predicted molar refractivity (Wildman–Crippen MR) is 99.1 cm³/mol. The molecule has 24 heavy (non-hydrogen) atoms. The Bertz CT molecular complexity index is 765. The van der Waals surface area contributed by atoms with E-state index in [-0.39, 0.29) is 5.78 Å². The van der Waals surface area contributed by atoms with Crippen LogP contribution in [0.25, 0.3) is 0 Å². The molecule has 3 aromatic rings. The second-order valence-electron chi connectivity index (χ2n) is 5.55. The number of carbonyl (C=O) groups is 1. The number of para-hydroxylation sites is 1. The monoisotopic (exact) mass is 313 g/mol. The Kier molecular flexibility index (Phi) is 5.21. The summed E-state index contributed by atoms with van der Waals surface area (Å²) in [7, 11) is 0. The average Bonchev–Trinajstić information content (AvgIpc) is 2.64. The van der Waals surface area contributed by atoms with Gasteiger partial charge in [-0.05, 0) is 17.7 Å². The number of hydrogen-bond acceptors (Lipinski definition) is 2. The van der Waals surface area contributed by atoms with Crippen molar-refractivity contribution in [1.82, 2.24) is 0 Å². The summed E-state index contributed by atoms with van der Waals surface area (Å²) in [6.45, 7) is 0. The van der Waals surface area contributed by atoms with Gasteiger partial charge >= 0.3 is 0 Å². The number of carbonyl (C=O) groups excluding carboxylic acids is 1. The van der Waals surface area contributed by atoms with E-state index in [9.17, 15) is 4.79 Å². The average molecular weight is 313 g/mol. The van der Waals surface area contributed by atoms with E-state index < -0.39 is 0 Å². The van der Waals surface area contributed by atoms with Crippen molar-refractivity contribution < 1.29 is 4.79 Å². The van der Waals surface area contributed by atoms with Gasteiger partial charge in [-0.2, -0.15) is 0 Å². The number of rotatable bonds is 6. The largest absolute Gasteiger partial charge is 0.359 e. The third kappa shape index (κ3) is 4.43. The molecule has 3 aromatic carbocycles. The summed E-state index contributed by atoms with van der Waals surface area (Å²) in [5.41, 5.74) is 3.70. The van der Waals surface area contributed by atoms with E-state index in [4.69, 9.17) is 0 Å². The molecule has 2 nitrogen and oxygen atoms in total. The van der Waals surface area contributed by atoms with Crippen LogP contribution >= 0.6 is 0 Å². The zero-order valence-corrected chi connectivity index (χ0v) is 13.4. The molecule has 0 radical (unpaired) electrons. The lowest BCUT2D eigenvalue weighted by atomic mass is 10.1. The number of ketones is 1. The maximum Gasteiger partial charge on any atom is 0.187 e. The lowest BCUT2D eigenvalue weighted by Gasteiger charge is -2.11. The number of allylic oxidation sites excluding steroid dienone is 2. The van der Waals surface area contributed by atoms with Gasteiger partial charge in [0, 0.05) is 29.4 Å². The quantitative estimate of drug-likeness (QED) is 0.506. The summed E-state index contributed by atoms with van der Waals surface area (Å²) in [6.07, 6.45) is 2.36. The first kappa shape index (κ1) is 15.8. The second-order valence-corrected chi connectivity index (χ2v) is 5.55. The van der Waals surface area contributed by atoms with Crippen molar-refractivity contribution in [3.05, 3.63) is 114 Å². The maximum atomic E-state index is 12.5. The molecule has 0 aliphatic heterocycles. The number of anilines is 1. The Labute approximate surface area is 142 Å². The summed E-state index contributed by atoms with van der Waals surface area (Å²) in [5, 5.41) is 3.37. The molecular formula is C22H19NO. The topological polar surface area (TPSA) is 29.1 Å². The third-order valence-electron chi connectivity index (χ3n) is 3.68. The SMILES string of the molecule is O=C(/C=C(\Cc1ccccc1)Nc1ccccc1)c1ccccc1. The lowest BCUT2D eigenvalue weighted by molar-refractivity contribution is 0.104. The molecule has 0 aromatic heterocycles. The molecule has 0 aliphatic carbocycles. The van der Waals surface area contributed by atoms with E-state index in [0.717, 1.165) is 16.9 Å². The molecule has 0 bridgehead atoms. The van der Waals surface area contributed by atoms with Gasteiger partial charge in [-0.1, -0.05) is 78.9 Å². The van der Waals surface area contributed by atoms with Crippen LogP contribution < -0.4 is 5.32 Å². The smallest absolute Gasteiger partial charge is 0.187 e. The van der Waals surface area contributed by atoms with E-state index in [2.05, 4.69) is 17.4 Å². The van der Waals surface area contributed by atoms with E-state index in [1.54, 1.807) is 6.08 Å². The Balaban J connectivity index is 1.86. The molecule has 0 spiro atoms. The highest BCUT2D eigenvalue weighted by molar-refractivity contribution is 6.05. The normalized spacial score (nSPS) is 11.1. The minimum Gasteiger partial charge on any atom is -0.359 e. The first-order valence-corrected chi connectivity index (χ1v) is 7.97. The summed E-state index contributed by atoms with van der Waals surface area (Å²) < 4.78 is 0. The molecule has 0 heterocycles. The van der Waals surface area contributed by atoms with Crippen molar-refractivity contribution in [2.45, 2.75) is 6.42 Å². The molecule has 0 atom stereocenters. The van der Waals surface area contributed by atoms with Gasteiger partial charge in [0.05, 0.1) is 0 Å². The van der Waals surface area contributed by atoms with Gasteiger partial charge in [0.2, 0.25) is 0 Å². The van der Waals surface area contributed by atoms with Crippen molar-refractivity contribution >= 4 is 11.5 Å². The molecule has 0 amide bonds. The highest BCUT2D eigenvalue weighted by atomic mass is 16.1. The highest BCUT2D eigenvalue weighted by Crippen LogP contribution is 2.15. The summed E-state index contributed by atoms with van der Waals surface area (Å²) >= 11 is 0. The van der Waals surface area contributed by atoms with Crippen LogP contribution in [-0.4, -0.2) is 5.78 Å². The zero-order valence-electron chi connectivity index (χ0n) is 13.4. The van der Waals surface area contributed by atoms with Gasteiger partial charge in [-0.3, -0.25) is 4.79 Å². The Morgan fingerprint density at radius 2 is 1.29 bits per heavy atom. The van der Waals surface area contributed by atoms with Gasteiger partial charge < -0.3 is 5.32 Å². The molecule has 0 saturated heterocycles. The van der Waals surface area contributed by atoms with E-state index in [1.165, 1.54) is 0 Å². The summed E-state index contributed by atoms with van der Waals surface area (Å²) in [5.74, 6) is 0.00459. The van der Waals surface area contributed by atoms with Crippen molar-refractivity contribution in [3.8, 4) is 0 Å². The predicted octanol–water partition coefficient (Wildman–Crippen LogP) is 5.11. The van der Waals surface area contributed by atoms with E-state index >= 15 is 0 Å². The molecule has 118 valence electrons. The minimum absolute atomic E-state index is 0.00459. The van der Waals surface area contributed by atoms with Gasteiger partial charge in [0.1, 0.15) is 0 Å². The minimum atomic E-state index is 0.00459. The van der Waals surface area contributed by atoms with Gasteiger partial charge in [-0.15, -0.1) is 0 Å². The first-order valence-electron chi connectivity index (χ1n) is 7.97. The Hall–Kier alpha value is -3.13. The van der Waals surface area contributed by atoms with Crippen LogP contribution in [0.15, 0.2) is 103 Å². The highest BCUT2D eigenvalue weighted by Gasteiger charge is 2.06. The second kappa shape index (κ2) is 7.93. The van der Waals surface area contributed by atoms with Crippen LogP contribution in [0.3, 0.4) is 0 Å². The molecule has 3 rings (SSSR count). The van der Waals surface area contributed by atoms with Crippen LogP contribution in [0.5, 0.6) is 0 Å². The van der Waals surface area contributed by atoms with E-state index in [0.29, 0.717) is 12.0 Å². The lowest BCUT2D eigenvalue weighted by Crippen LogP contribution is -2.07. The van der Waals surface area contributed by atoms with Gasteiger partial charge in [0.15, 0.2) is 5.78 Å². The summed E-state index contributed by atoms with van der Waals surface area (Å²) in [4.78, 5) is 12.5. The van der Waals surface area contributed by atoms with Crippen molar-refractivity contribution in [1.29, 1.82) is 0 Å². The van der Waals surface area contributed by atoms with Crippen LogP contribution in [-0.2, 0) is 6.42 Å². The fraction of sp³-hybridized carbons (Fsp3) is 0.0455. The standard InChI is InChI=1S/C22H19NO/c24-22(19-12-6-2-7-13-19)17-21(16-18-10-4-1-5-11-18)23-20-14-8-3-9-15-20/h1-15,17,23H,16H2/b21-17+. The van der Waals surface area contributed by atoms with Gasteiger partial charge in [0.25, 0.3) is 0 Å².